The van der Waals surface area contributed by atoms with Gasteiger partial charge in [0.05, 0.1) is 26.4 Å². The van der Waals surface area contributed by atoms with Gasteiger partial charge in [0, 0.05) is 25.7 Å². The Morgan fingerprint density at radius 3 is 0.755 bits per heavy atom. The largest absolute Gasteiger partial charge is 0.472 e. The number of rotatable bonds is 75. The number of hydrogen-bond donors (Lipinski definition) is 3. The first-order valence-electron chi connectivity index (χ1n) is 39.2. The number of carbonyl (C=O) groups excluding carboxylic acids is 4. The van der Waals surface area contributed by atoms with E-state index in [0.29, 0.717) is 25.7 Å². The molecule has 19 heteroatoms. The Labute approximate surface area is 575 Å². The molecule has 0 aliphatic rings. The highest BCUT2D eigenvalue weighted by Gasteiger charge is 2.30. The van der Waals surface area contributed by atoms with E-state index in [1.165, 1.54) is 205 Å². The molecule has 558 valence electrons. The monoisotopic (exact) mass is 1380 g/mol. The summed E-state index contributed by atoms with van der Waals surface area (Å²) >= 11 is 0. The van der Waals surface area contributed by atoms with Gasteiger partial charge < -0.3 is 33.8 Å². The summed E-state index contributed by atoms with van der Waals surface area (Å²) in [5.74, 6) is -1.27. The van der Waals surface area contributed by atoms with Crippen LogP contribution >= 0.6 is 15.6 Å². The first kappa shape index (κ1) is 92.1. The van der Waals surface area contributed by atoms with Crippen molar-refractivity contribution in [3.05, 3.63) is 0 Å². The Hall–Kier alpha value is -1.94. The van der Waals surface area contributed by atoms with Gasteiger partial charge in [-0.1, -0.05) is 343 Å². The molecule has 17 nitrogen and oxygen atoms in total. The molecule has 3 N–H and O–H groups in total. The number of hydrogen-bond acceptors (Lipinski definition) is 15. The summed E-state index contributed by atoms with van der Waals surface area (Å²) in [5, 5.41) is 10.6. The van der Waals surface area contributed by atoms with Gasteiger partial charge >= 0.3 is 39.5 Å². The molecule has 0 rings (SSSR count). The normalized spacial score (nSPS) is 14.3. The van der Waals surface area contributed by atoms with E-state index < -0.39 is 97.5 Å². The zero-order valence-corrected chi connectivity index (χ0v) is 62.9. The van der Waals surface area contributed by atoms with Gasteiger partial charge in [0.2, 0.25) is 0 Å². The van der Waals surface area contributed by atoms with Crippen LogP contribution in [-0.2, 0) is 65.4 Å². The van der Waals surface area contributed by atoms with E-state index in [9.17, 15) is 43.2 Å². The molecule has 0 aliphatic heterocycles. The Bertz CT molecular complexity index is 1810. The average molecular weight is 1380 g/mol. The molecule has 3 unspecified atom stereocenters. The summed E-state index contributed by atoms with van der Waals surface area (Å²) in [6.07, 6.45) is 57.1. The second-order valence-corrected chi connectivity index (χ2v) is 30.2. The highest BCUT2D eigenvalue weighted by Crippen LogP contribution is 2.45. The zero-order chi connectivity index (χ0) is 69.1. The van der Waals surface area contributed by atoms with Crippen LogP contribution in [0.4, 0.5) is 0 Å². The predicted octanol–water partition coefficient (Wildman–Crippen LogP) is 22.1. The maximum Gasteiger partial charge on any atom is 0.472 e. The van der Waals surface area contributed by atoms with Gasteiger partial charge in [0.25, 0.3) is 0 Å². The zero-order valence-electron chi connectivity index (χ0n) is 61.1. The molecule has 0 heterocycles. The molecule has 0 aromatic heterocycles. The summed E-state index contributed by atoms with van der Waals surface area (Å²) in [6.45, 7) is 7.28. The van der Waals surface area contributed by atoms with Gasteiger partial charge in [-0.25, -0.2) is 9.13 Å². The van der Waals surface area contributed by atoms with Gasteiger partial charge in [-0.05, 0) is 31.6 Å². The lowest BCUT2D eigenvalue weighted by molar-refractivity contribution is -0.161. The molecule has 0 fully saturated rings. The van der Waals surface area contributed by atoms with E-state index in [4.69, 9.17) is 37.0 Å². The van der Waals surface area contributed by atoms with Crippen molar-refractivity contribution in [2.45, 2.75) is 412 Å². The van der Waals surface area contributed by atoms with Gasteiger partial charge in [-0.15, -0.1) is 0 Å². The lowest BCUT2D eigenvalue weighted by Crippen LogP contribution is -2.30. The first-order chi connectivity index (χ1) is 45.6. The van der Waals surface area contributed by atoms with Crippen LogP contribution in [0.1, 0.15) is 394 Å². The van der Waals surface area contributed by atoms with Crippen molar-refractivity contribution in [1.82, 2.24) is 0 Å². The number of phosphoric ester groups is 2. The summed E-state index contributed by atoms with van der Waals surface area (Å²) in [4.78, 5) is 72.5. The average Bonchev–Trinajstić information content (AvgIpc) is 1.76. The van der Waals surface area contributed by atoms with Crippen molar-refractivity contribution in [3.8, 4) is 0 Å². The molecular weight excluding hydrogens is 1230 g/mol. The summed E-state index contributed by atoms with van der Waals surface area (Å²) in [6, 6.07) is 0. The van der Waals surface area contributed by atoms with E-state index in [1.54, 1.807) is 0 Å². The van der Waals surface area contributed by atoms with Crippen LogP contribution in [0.5, 0.6) is 0 Å². The second-order valence-electron chi connectivity index (χ2n) is 27.3. The van der Waals surface area contributed by atoms with Crippen molar-refractivity contribution in [2.24, 2.45) is 5.92 Å². The smallest absolute Gasteiger partial charge is 0.462 e. The molecule has 0 aromatic rings. The quantitative estimate of drug-likeness (QED) is 0.0222. The minimum absolute atomic E-state index is 0.105. The highest BCUT2D eigenvalue weighted by molar-refractivity contribution is 7.47. The fourth-order valence-electron chi connectivity index (χ4n) is 11.5. The van der Waals surface area contributed by atoms with Crippen LogP contribution in [0.3, 0.4) is 0 Å². The van der Waals surface area contributed by atoms with Crippen LogP contribution in [-0.4, -0.2) is 96.7 Å². The molecule has 0 aromatic carbocycles. The molecule has 0 spiro atoms. The highest BCUT2D eigenvalue weighted by atomic mass is 31.2. The van der Waals surface area contributed by atoms with E-state index >= 15 is 0 Å². The van der Waals surface area contributed by atoms with Gasteiger partial charge in [-0.2, -0.15) is 0 Å². The molecule has 6 atom stereocenters. The summed E-state index contributed by atoms with van der Waals surface area (Å²) in [5.41, 5.74) is 0. The summed E-state index contributed by atoms with van der Waals surface area (Å²) < 4.78 is 68.3. The number of aliphatic hydroxyl groups excluding tert-OH is 1. The third-order valence-electron chi connectivity index (χ3n) is 17.9. The Kier molecular flexibility index (Phi) is 66.8. The van der Waals surface area contributed by atoms with Gasteiger partial charge in [0.1, 0.15) is 19.3 Å². The van der Waals surface area contributed by atoms with Crippen molar-refractivity contribution < 1.29 is 80.2 Å². The Balaban J connectivity index is 5.15. The fraction of sp³-hybridized carbons (Fsp3) is 0.947. The first-order valence-corrected chi connectivity index (χ1v) is 42.2. The topological polar surface area (TPSA) is 237 Å². The molecule has 0 amide bonds. The van der Waals surface area contributed by atoms with Crippen molar-refractivity contribution in [2.75, 3.05) is 39.6 Å². The van der Waals surface area contributed by atoms with Crippen molar-refractivity contribution in [3.63, 3.8) is 0 Å². The maximum atomic E-state index is 13.1. The molecule has 0 bridgehead atoms. The number of esters is 4. The van der Waals surface area contributed by atoms with Crippen LogP contribution < -0.4 is 0 Å². The Morgan fingerprint density at radius 2 is 0.511 bits per heavy atom. The molecular formula is C75H146O17P2. The molecule has 0 aliphatic carbocycles. The number of ether oxygens (including phenoxy) is 4. The number of unbranched alkanes of at least 4 members (excludes halogenated alkanes) is 46. The number of phosphoric acid groups is 2. The maximum absolute atomic E-state index is 13.1. The molecule has 0 radical (unpaired) electrons. The van der Waals surface area contributed by atoms with Crippen molar-refractivity contribution >= 4 is 39.5 Å². The minimum atomic E-state index is -4.95. The molecule has 94 heavy (non-hydrogen) atoms. The van der Waals surface area contributed by atoms with E-state index in [-0.39, 0.29) is 25.7 Å². The SMILES string of the molecule is CCCCCCCCCCCCCCCCCCCCCCC(=O)O[C@H](COC(=O)CCCCCCCCCCCCCCCCC(C)CC)COP(=O)(O)OC[C@@H](O)COP(=O)(O)OC[C@@H](COC(=O)CCCCCCCCCC)OC(=O)CCCCCCCCCC. The van der Waals surface area contributed by atoms with Crippen molar-refractivity contribution in [1.29, 1.82) is 0 Å². The third kappa shape index (κ3) is 67.3. The van der Waals surface area contributed by atoms with Crippen LogP contribution in [0, 0.1) is 5.92 Å². The second kappa shape index (κ2) is 68.2. The van der Waals surface area contributed by atoms with Crippen LogP contribution in [0.25, 0.3) is 0 Å². The lowest BCUT2D eigenvalue weighted by atomic mass is 9.99. The summed E-state index contributed by atoms with van der Waals surface area (Å²) in [7, 11) is -9.90. The van der Waals surface area contributed by atoms with Gasteiger partial charge in [0.15, 0.2) is 12.2 Å². The minimum Gasteiger partial charge on any atom is -0.462 e. The molecule has 0 saturated heterocycles. The third-order valence-corrected chi connectivity index (χ3v) is 19.8. The number of aliphatic hydroxyl groups is 1. The predicted molar refractivity (Wildman–Crippen MR) is 382 cm³/mol. The number of carbonyl (C=O) groups is 4. The van der Waals surface area contributed by atoms with Crippen LogP contribution in [0.2, 0.25) is 0 Å². The van der Waals surface area contributed by atoms with E-state index in [2.05, 4.69) is 34.6 Å². The van der Waals surface area contributed by atoms with E-state index in [1.807, 2.05) is 0 Å². The van der Waals surface area contributed by atoms with Gasteiger partial charge in [-0.3, -0.25) is 37.3 Å². The molecule has 0 saturated carbocycles. The fourth-order valence-corrected chi connectivity index (χ4v) is 13.1. The Morgan fingerprint density at radius 1 is 0.298 bits per heavy atom. The lowest BCUT2D eigenvalue weighted by Gasteiger charge is -2.21. The standard InChI is InChI=1S/C75H146O17P2/c1-6-10-13-16-19-22-23-24-25-26-27-28-29-30-35-38-41-46-51-56-61-75(80)92-71(65-86-73(78)59-54-49-45-40-37-34-32-31-33-36-39-42-47-52-57-68(5)9-4)67-90-94(83,84)88-63-69(76)62-87-93(81,82)89-66-70(91-74(79)60-55-50-44-21-18-15-12-8-3)64-85-72(77)58-53-48-43-20-17-14-11-7-2/h68-71,76H,6-67H2,1-5H3,(H,81,82)(H,83,84)/t68?,69-,70+,71+/m0/s1. The van der Waals surface area contributed by atoms with Crippen LogP contribution in [0.15, 0.2) is 0 Å². The van der Waals surface area contributed by atoms with E-state index in [0.717, 1.165) is 109 Å².